The summed E-state index contributed by atoms with van der Waals surface area (Å²) in [5, 5.41) is 0. The lowest BCUT2D eigenvalue weighted by Crippen LogP contribution is -2.36. The van der Waals surface area contributed by atoms with Gasteiger partial charge in [-0.05, 0) is 61.4 Å². The predicted octanol–water partition coefficient (Wildman–Crippen LogP) is 11.6. The van der Waals surface area contributed by atoms with Crippen molar-refractivity contribution in [2.24, 2.45) is 35.5 Å². The lowest BCUT2D eigenvalue weighted by molar-refractivity contribution is -0.146. The summed E-state index contributed by atoms with van der Waals surface area (Å²) in [7, 11) is 0. The van der Waals surface area contributed by atoms with Crippen LogP contribution < -0.4 is 0 Å². The largest absolute Gasteiger partial charge is 0.401 e. The van der Waals surface area contributed by atoms with E-state index in [2.05, 4.69) is 55.4 Å². The Hall–Kier alpha value is 0.0400. The number of hydrogen-bond donors (Lipinski definition) is 0. The second kappa shape index (κ2) is 22.8. The van der Waals surface area contributed by atoms with Crippen molar-refractivity contribution in [1.29, 1.82) is 0 Å². The molecule has 0 saturated heterocycles. The van der Waals surface area contributed by atoms with Crippen molar-refractivity contribution in [2.45, 2.75) is 151 Å². The molecule has 0 N–H and O–H groups in total. The molecule has 0 aromatic carbocycles. The van der Waals surface area contributed by atoms with Gasteiger partial charge < -0.3 is 0 Å². The molecule has 0 aliphatic heterocycles. The third kappa shape index (κ3) is 27.4. The minimum atomic E-state index is -4.11. The Balaban J connectivity index is 0. The first-order valence-electron chi connectivity index (χ1n) is 15.6. The minimum absolute atomic E-state index is 0. The molecule has 4 unspecified atom stereocenters. The first kappa shape index (κ1) is 39.2. The quantitative estimate of drug-likeness (QED) is 0.121. The monoisotopic (exact) mass is 555 g/mol. The van der Waals surface area contributed by atoms with Gasteiger partial charge in [-0.25, -0.2) is 0 Å². The zero-order chi connectivity index (χ0) is 27.6. The number of hydrogen-bond acceptors (Lipinski definition) is 1. The molecule has 0 heterocycles. The maximum atomic E-state index is 13.2. The number of alkyl halides is 3. The second-order valence-corrected chi connectivity index (χ2v) is 13.4. The summed E-state index contributed by atoms with van der Waals surface area (Å²) >= 11 is 0. The Morgan fingerprint density at radius 3 is 1.00 bits per heavy atom. The molecule has 0 rings (SSSR count). The normalized spacial score (nSPS) is 15.7. The van der Waals surface area contributed by atoms with Crippen molar-refractivity contribution in [3.8, 4) is 0 Å². The molecule has 226 valence electrons. The molecular formula is C32H65ClF3N. The van der Waals surface area contributed by atoms with Gasteiger partial charge in [0.2, 0.25) is 0 Å². The molecule has 0 amide bonds. The average Bonchev–Trinajstić information content (AvgIpc) is 2.74. The molecule has 0 fully saturated rings. The summed E-state index contributed by atoms with van der Waals surface area (Å²) in [6, 6.07) is 0. The van der Waals surface area contributed by atoms with E-state index in [-0.39, 0.29) is 12.4 Å². The van der Waals surface area contributed by atoms with E-state index in [1.54, 1.807) is 4.90 Å². The molecule has 0 aromatic heterocycles. The van der Waals surface area contributed by atoms with Crippen LogP contribution in [0.15, 0.2) is 0 Å². The van der Waals surface area contributed by atoms with Crippen molar-refractivity contribution < 1.29 is 13.2 Å². The highest BCUT2D eigenvalue weighted by Crippen LogP contribution is 2.24. The molecule has 0 aliphatic rings. The van der Waals surface area contributed by atoms with E-state index in [1.807, 2.05) is 0 Å². The van der Waals surface area contributed by atoms with Crippen LogP contribution in [0, 0.1) is 35.5 Å². The average molecular weight is 556 g/mol. The van der Waals surface area contributed by atoms with Gasteiger partial charge in [-0.1, -0.05) is 132 Å². The van der Waals surface area contributed by atoms with E-state index in [4.69, 9.17) is 0 Å². The van der Waals surface area contributed by atoms with Crippen LogP contribution in [0.5, 0.6) is 0 Å². The zero-order valence-electron chi connectivity index (χ0n) is 26.0. The Morgan fingerprint density at radius 1 is 0.459 bits per heavy atom. The van der Waals surface area contributed by atoms with E-state index in [0.29, 0.717) is 24.9 Å². The fourth-order valence-electron chi connectivity index (χ4n) is 5.29. The van der Waals surface area contributed by atoms with Crippen LogP contribution in [0.1, 0.15) is 145 Å². The van der Waals surface area contributed by atoms with Gasteiger partial charge in [-0.3, -0.25) is 4.90 Å². The van der Waals surface area contributed by atoms with Gasteiger partial charge in [0.1, 0.15) is 0 Å². The van der Waals surface area contributed by atoms with Crippen LogP contribution >= 0.6 is 12.4 Å². The van der Waals surface area contributed by atoms with Gasteiger partial charge in [-0.15, -0.1) is 12.4 Å². The SMILES string of the molecule is CC(C)CCCC(C)CCCC(C)CCN(CCC(C)CCCC(C)CCCC(C)C)CC(F)(F)F.Cl. The molecule has 0 aliphatic carbocycles. The number of halogens is 4. The van der Waals surface area contributed by atoms with Crippen molar-refractivity contribution in [3.63, 3.8) is 0 Å². The third-order valence-corrected chi connectivity index (χ3v) is 8.02. The molecule has 0 spiro atoms. The van der Waals surface area contributed by atoms with E-state index in [0.717, 1.165) is 49.4 Å². The molecule has 0 aromatic rings. The van der Waals surface area contributed by atoms with Crippen LogP contribution in [0.25, 0.3) is 0 Å². The Labute approximate surface area is 236 Å². The van der Waals surface area contributed by atoms with Crippen molar-refractivity contribution in [1.82, 2.24) is 4.90 Å². The number of nitrogens with zero attached hydrogens (tertiary/aromatic N) is 1. The molecule has 0 saturated carbocycles. The molecule has 0 radical (unpaired) electrons. The highest BCUT2D eigenvalue weighted by Gasteiger charge is 2.30. The lowest BCUT2D eigenvalue weighted by atomic mass is 9.92. The Morgan fingerprint density at radius 2 is 0.730 bits per heavy atom. The van der Waals surface area contributed by atoms with Crippen molar-refractivity contribution >= 4 is 12.4 Å². The van der Waals surface area contributed by atoms with Gasteiger partial charge >= 0.3 is 6.18 Å². The van der Waals surface area contributed by atoms with Gasteiger partial charge in [0.05, 0.1) is 6.54 Å². The first-order chi connectivity index (χ1) is 16.8. The van der Waals surface area contributed by atoms with E-state index < -0.39 is 12.7 Å². The number of rotatable bonds is 23. The first-order valence-corrected chi connectivity index (χ1v) is 15.6. The summed E-state index contributed by atoms with van der Waals surface area (Å²) < 4.78 is 39.6. The minimum Gasteiger partial charge on any atom is -0.295 e. The summed E-state index contributed by atoms with van der Waals surface area (Å²) in [5.41, 5.74) is 0. The van der Waals surface area contributed by atoms with Crippen LogP contribution in [-0.2, 0) is 0 Å². The Kier molecular flexibility index (Phi) is 24.2. The van der Waals surface area contributed by atoms with Gasteiger partial charge in [-0.2, -0.15) is 13.2 Å². The second-order valence-electron chi connectivity index (χ2n) is 13.4. The lowest BCUT2D eigenvalue weighted by Gasteiger charge is -2.26. The van der Waals surface area contributed by atoms with Crippen LogP contribution in [-0.4, -0.2) is 30.7 Å². The highest BCUT2D eigenvalue weighted by atomic mass is 35.5. The van der Waals surface area contributed by atoms with Crippen LogP contribution in [0.2, 0.25) is 0 Å². The third-order valence-electron chi connectivity index (χ3n) is 8.02. The summed E-state index contributed by atoms with van der Waals surface area (Å²) in [4.78, 5) is 1.68. The van der Waals surface area contributed by atoms with Gasteiger partial charge in [0, 0.05) is 0 Å². The maximum Gasteiger partial charge on any atom is 0.401 e. The van der Waals surface area contributed by atoms with E-state index in [9.17, 15) is 13.2 Å². The topological polar surface area (TPSA) is 3.24 Å². The standard InChI is InChI=1S/C32H64F3N.ClH/c1-26(2)13-9-15-28(5)17-11-19-30(7)21-23-36(25-32(33,34)35)24-22-31(8)20-12-18-29(6)16-10-14-27(3)4;/h26-31H,9-25H2,1-8H3;1H. The Bertz CT molecular complexity index is 459. The molecule has 5 heteroatoms. The summed E-state index contributed by atoms with van der Waals surface area (Å²) in [6.45, 7) is 18.7. The highest BCUT2D eigenvalue weighted by molar-refractivity contribution is 5.85. The van der Waals surface area contributed by atoms with Gasteiger partial charge in [0.15, 0.2) is 0 Å². The van der Waals surface area contributed by atoms with Crippen molar-refractivity contribution in [3.05, 3.63) is 0 Å². The summed E-state index contributed by atoms with van der Waals surface area (Å²) in [5.74, 6) is 4.10. The van der Waals surface area contributed by atoms with E-state index in [1.165, 1.54) is 64.2 Å². The van der Waals surface area contributed by atoms with Gasteiger partial charge in [0.25, 0.3) is 0 Å². The molecule has 4 atom stereocenters. The van der Waals surface area contributed by atoms with Crippen LogP contribution in [0.3, 0.4) is 0 Å². The zero-order valence-corrected chi connectivity index (χ0v) is 26.8. The maximum absolute atomic E-state index is 13.2. The van der Waals surface area contributed by atoms with Crippen LogP contribution in [0.4, 0.5) is 13.2 Å². The fourth-order valence-corrected chi connectivity index (χ4v) is 5.29. The molecular weight excluding hydrogens is 491 g/mol. The smallest absolute Gasteiger partial charge is 0.295 e. The predicted molar refractivity (Wildman–Crippen MR) is 161 cm³/mol. The van der Waals surface area contributed by atoms with E-state index >= 15 is 0 Å². The summed E-state index contributed by atoms with van der Waals surface area (Å²) in [6.07, 6.45) is 12.7. The molecule has 0 bridgehead atoms. The fraction of sp³-hybridized carbons (Fsp3) is 1.00. The molecule has 37 heavy (non-hydrogen) atoms. The molecule has 1 nitrogen and oxygen atoms in total. The van der Waals surface area contributed by atoms with Crippen molar-refractivity contribution in [2.75, 3.05) is 19.6 Å².